The van der Waals surface area contributed by atoms with Crippen molar-refractivity contribution >= 4 is 0 Å². The standard InChI is InChI=1S/C12H23N3O/c1-5-12(16-4)11(13)8-10-6-7-15(14-10)9(2)3/h6-7,9,11-12H,5,8,13H2,1-4H3. The van der Waals surface area contributed by atoms with Gasteiger partial charge in [0.05, 0.1) is 11.8 Å². The Morgan fingerprint density at radius 1 is 1.50 bits per heavy atom. The average molecular weight is 225 g/mol. The Morgan fingerprint density at radius 3 is 2.62 bits per heavy atom. The van der Waals surface area contributed by atoms with E-state index in [2.05, 4.69) is 25.9 Å². The summed E-state index contributed by atoms with van der Waals surface area (Å²) in [6.07, 6.45) is 3.82. The molecule has 2 unspecified atom stereocenters. The maximum absolute atomic E-state index is 6.08. The van der Waals surface area contributed by atoms with Gasteiger partial charge in [0.2, 0.25) is 0 Å². The summed E-state index contributed by atoms with van der Waals surface area (Å²) >= 11 is 0. The molecule has 0 fully saturated rings. The van der Waals surface area contributed by atoms with E-state index in [-0.39, 0.29) is 12.1 Å². The Labute approximate surface area is 97.8 Å². The summed E-state index contributed by atoms with van der Waals surface area (Å²) in [6, 6.07) is 2.45. The topological polar surface area (TPSA) is 53.1 Å². The van der Waals surface area contributed by atoms with E-state index in [9.17, 15) is 0 Å². The normalized spacial score (nSPS) is 15.4. The smallest absolute Gasteiger partial charge is 0.0723 e. The van der Waals surface area contributed by atoms with Crippen LogP contribution in [-0.4, -0.2) is 29.0 Å². The first kappa shape index (κ1) is 13.2. The quantitative estimate of drug-likeness (QED) is 0.802. The molecule has 4 nitrogen and oxygen atoms in total. The number of hydrogen-bond donors (Lipinski definition) is 1. The molecule has 0 aromatic carbocycles. The van der Waals surface area contributed by atoms with E-state index in [4.69, 9.17) is 10.5 Å². The van der Waals surface area contributed by atoms with E-state index >= 15 is 0 Å². The van der Waals surface area contributed by atoms with Crippen molar-refractivity contribution in [3.63, 3.8) is 0 Å². The highest BCUT2D eigenvalue weighted by Gasteiger charge is 2.16. The Balaban J connectivity index is 2.58. The number of methoxy groups -OCH3 is 1. The molecule has 0 aliphatic carbocycles. The van der Waals surface area contributed by atoms with Crippen LogP contribution in [0.25, 0.3) is 0 Å². The molecule has 0 amide bonds. The van der Waals surface area contributed by atoms with Gasteiger partial charge in [0, 0.05) is 31.8 Å². The minimum Gasteiger partial charge on any atom is -0.380 e. The van der Waals surface area contributed by atoms with Crippen molar-refractivity contribution in [2.45, 2.75) is 51.8 Å². The van der Waals surface area contributed by atoms with Gasteiger partial charge in [0.1, 0.15) is 0 Å². The van der Waals surface area contributed by atoms with Crippen LogP contribution >= 0.6 is 0 Å². The van der Waals surface area contributed by atoms with Crippen LogP contribution < -0.4 is 5.73 Å². The summed E-state index contributed by atoms with van der Waals surface area (Å²) in [5.41, 5.74) is 7.12. The fourth-order valence-electron chi connectivity index (χ4n) is 1.79. The molecule has 2 N–H and O–H groups in total. The average Bonchev–Trinajstić information content (AvgIpc) is 2.68. The summed E-state index contributed by atoms with van der Waals surface area (Å²) in [7, 11) is 1.71. The fourth-order valence-corrected chi connectivity index (χ4v) is 1.79. The van der Waals surface area contributed by atoms with Gasteiger partial charge in [-0.25, -0.2) is 0 Å². The second kappa shape index (κ2) is 6.01. The number of aromatic nitrogens is 2. The maximum Gasteiger partial charge on any atom is 0.0723 e. The Kier molecular flexibility index (Phi) is 4.96. The van der Waals surface area contributed by atoms with Gasteiger partial charge in [0.25, 0.3) is 0 Å². The molecule has 1 rings (SSSR count). The zero-order valence-electron chi connectivity index (χ0n) is 10.7. The van der Waals surface area contributed by atoms with Crippen molar-refractivity contribution in [3.05, 3.63) is 18.0 Å². The fraction of sp³-hybridized carbons (Fsp3) is 0.750. The van der Waals surface area contributed by atoms with Crippen LogP contribution in [0.4, 0.5) is 0 Å². The van der Waals surface area contributed by atoms with Crippen LogP contribution in [0.15, 0.2) is 12.3 Å². The van der Waals surface area contributed by atoms with E-state index in [1.54, 1.807) is 7.11 Å². The summed E-state index contributed by atoms with van der Waals surface area (Å²) in [4.78, 5) is 0. The highest BCUT2D eigenvalue weighted by Crippen LogP contribution is 2.09. The first-order valence-corrected chi connectivity index (χ1v) is 5.90. The third-order valence-corrected chi connectivity index (χ3v) is 2.82. The second-order valence-electron chi connectivity index (χ2n) is 4.43. The zero-order valence-corrected chi connectivity index (χ0v) is 10.7. The predicted molar refractivity (Wildman–Crippen MR) is 65.4 cm³/mol. The Hall–Kier alpha value is -0.870. The van der Waals surface area contributed by atoms with Crippen molar-refractivity contribution in [2.24, 2.45) is 5.73 Å². The molecule has 2 atom stereocenters. The molecule has 0 aliphatic heterocycles. The molecule has 92 valence electrons. The lowest BCUT2D eigenvalue weighted by Crippen LogP contribution is -2.37. The number of hydrogen-bond acceptors (Lipinski definition) is 3. The second-order valence-corrected chi connectivity index (χ2v) is 4.43. The lowest BCUT2D eigenvalue weighted by atomic mass is 10.0. The van der Waals surface area contributed by atoms with Crippen LogP contribution in [0.2, 0.25) is 0 Å². The van der Waals surface area contributed by atoms with Gasteiger partial charge in [-0.15, -0.1) is 0 Å². The van der Waals surface area contributed by atoms with Crippen molar-refractivity contribution in [2.75, 3.05) is 7.11 Å². The van der Waals surface area contributed by atoms with Gasteiger partial charge in [-0.2, -0.15) is 5.10 Å². The molecule has 1 aromatic rings. The minimum absolute atomic E-state index is 0.0190. The number of ether oxygens (including phenoxy) is 1. The van der Waals surface area contributed by atoms with E-state index in [1.165, 1.54) is 0 Å². The summed E-state index contributed by atoms with van der Waals surface area (Å²) in [6.45, 7) is 6.31. The van der Waals surface area contributed by atoms with Crippen molar-refractivity contribution in [1.29, 1.82) is 0 Å². The van der Waals surface area contributed by atoms with E-state index in [1.807, 2.05) is 16.9 Å². The maximum atomic E-state index is 6.08. The van der Waals surface area contributed by atoms with Crippen LogP contribution in [0.1, 0.15) is 38.9 Å². The molecule has 0 radical (unpaired) electrons. The van der Waals surface area contributed by atoms with Crippen LogP contribution in [0, 0.1) is 0 Å². The molecule has 0 saturated carbocycles. The largest absolute Gasteiger partial charge is 0.380 e. The summed E-state index contributed by atoms with van der Waals surface area (Å²) < 4.78 is 7.28. The molecule has 1 heterocycles. The molecular formula is C12H23N3O. The Bertz CT molecular complexity index is 305. The third kappa shape index (κ3) is 3.32. The SMILES string of the molecule is CCC(OC)C(N)Cc1ccn(C(C)C)n1. The predicted octanol–water partition coefficient (Wildman–Crippen LogP) is 1.76. The highest BCUT2D eigenvalue weighted by atomic mass is 16.5. The third-order valence-electron chi connectivity index (χ3n) is 2.82. The van der Waals surface area contributed by atoms with Crippen molar-refractivity contribution in [3.8, 4) is 0 Å². The van der Waals surface area contributed by atoms with Crippen molar-refractivity contribution < 1.29 is 4.74 Å². The Morgan fingerprint density at radius 2 is 2.19 bits per heavy atom. The lowest BCUT2D eigenvalue weighted by molar-refractivity contribution is 0.0770. The van der Waals surface area contributed by atoms with Crippen LogP contribution in [-0.2, 0) is 11.2 Å². The molecule has 0 bridgehead atoms. The molecule has 16 heavy (non-hydrogen) atoms. The van der Waals surface area contributed by atoms with Gasteiger partial charge < -0.3 is 10.5 Å². The first-order chi connectivity index (χ1) is 7.58. The number of nitrogens with two attached hydrogens (primary N) is 1. The lowest BCUT2D eigenvalue weighted by Gasteiger charge is -2.20. The van der Waals surface area contributed by atoms with Crippen LogP contribution in [0.5, 0.6) is 0 Å². The van der Waals surface area contributed by atoms with Gasteiger partial charge in [0.15, 0.2) is 0 Å². The van der Waals surface area contributed by atoms with Gasteiger partial charge >= 0.3 is 0 Å². The first-order valence-electron chi connectivity index (χ1n) is 5.90. The van der Waals surface area contributed by atoms with E-state index < -0.39 is 0 Å². The van der Waals surface area contributed by atoms with Gasteiger partial charge in [-0.3, -0.25) is 4.68 Å². The number of rotatable bonds is 6. The monoisotopic (exact) mass is 225 g/mol. The van der Waals surface area contributed by atoms with Crippen LogP contribution in [0.3, 0.4) is 0 Å². The highest BCUT2D eigenvalue weighted by molar-refractivity contribution is 5.02. The summed E-state index contributed by atoms with van der Waals surface area (Å²) in [5.74, 6) is 0. The van der Waals surface area contributed by atoms with Gasteiger partial charge in [-0.1, -0.05) is 6.92 Å². The van der Waals surface area contributed by atoms with E-state index in [0.717, 1.165) is 18.5 Å². The van der Waals surface area contributed by atoms with E-state index in [0.29, 0.717) is 6.04 Å². The minimum atomic E-state index is 0.0190. The van der Waals surface area contributed by atoms with Gasteiger partial charge in [-0.05, 0) is 26.3 Å². The number of nitrogens with zero attached hydrogens (tertiary/aromatic N) is 2. The molecule has 1 aromatic heterocycles. The molecule has 0 aliphatic rings. The van der Waals surface area contributed by atoms with Crippen molar-refractivity contribution in [1.82, 2.24) is 9.78 Å². The molecule has 4 heteroatoms. The summed E-state index contributed by atoms with van der Waals surface area (Å²) in [5, 5.41) is 4.48. The molecule has 0 spiro atoms. The molecular weight excluding hydrogens is 202 g/mol. The molecule has 0 saturated heterocycles. The zero-order chi connectivity index (χ0) is 12.1.